The molecule has 0 atom stereocenters. The minimum atomic E-state index is 0. The Bertz CT molecular complexity index is 19.7. The first-order chi connectivity index (χ1) is 0. The number of hydrogen-bond donors (Lipinski definition) is 0. The Balaban J connectivity index is 0. The molecule has 0 nitrogen and oxygen atoms in total. The minimum Gasteiger partial charge on any atom is -2.00 e. The predicted octanol–water partition coefficient (Wildman–Crippen LogP) is -2.67. The van der Waals surface area contributed by atoms with Crippen LogP contribution in [0, 0.1) is 0 Å². The molecule has 0 unspecified atom stereocenters. The molecule has 10 heavy (non-hydrogen) atoms. The maximum absolute atomic E-state index is 0. The molecule has 0 spiro atoms. The molecule has 0 saturated heterocycles. The van der Waals surface area contributed by atoms with Gasteiger partial charge in [0.2, 0.25) is 0 Å². The fraction of sp³-hybridized carbons (Fsp3) is 0. The molecule has 0 amide bonds. The summed E-state index contributed by atoms with van der Waals surface area (Å²) in [5.41, 5.74) is 0. The Hall–Kier alpha value is 5.62. The van der Waals surface area contributed by atoms with Crippen LogP contribution in [-0.4, -0.2) is 142 Å². The van der Waals surface area contributed by atoms with Crippen LogP contribution >= 0.6 is 0 Å². The quantitative estimate of drug-likeness (QED) is 0.242. The van der Waals surface area contributed by atoms with Gasteiger partial charge in [-0.1, -0.05) is 0 Å². The van der Waals surface area contributed by atoms with Gasteiger partial charge in [0, 0.05) is 0 Å². The summed E-state index contributed by atoms with van der Waals surface area (Å²) in [5, 5.41) is 0. The van der Waals surface area contributed by atoms with E-state index >= 15 is 0 Å². The van der Waals surface area contributed by atoms with Crippen LogP contribution in [0.1, 0.15) is 0 Å². The van der Waals surface area contributed by atoms with Crippen LogP contribution in [0.25, 0.3) is 0 Å². The molecule has 0 rings (SSSR count). The summed E-state index contributed by atoms with van der Waals surface area (Å²) >= 11 is 0. The summed E-state index contributed by atoms with van der Waals surface area (Å²) in [4.78, 5) is 0. The van der Waals surface area contributed by atoms with E-state index in [1.807, 2.05) is 0 Å². The second kappa shape index (κ2) is 85.9. The van der Waals surface area contributed by atoms with Crippen molar-refractivity contribution in [2.45, 2.75) is 0 Å². The van der Waals surface area contributed by atoms with E-state index in [4.69, 9.17) is 0 Å². The van der Waals surface area contributed by atoms with Crippen LogP contribution in [0.15, 0.2) is 0 Å². The van der Waals surface area contributed by atoms with E-state index in [-0.39, 0.29) is 183 Å². The molecule has 0 aromatic heterocycles. The van der Waals surface area contributed by atoms with Crippen LogP contribution in [0.5, 0.6) is 0 Å². The Labute approximate surface area is 179 Å². The molecule has 0 aromatic carbocycles. The fourth-order valence-corrected chi connectivity index (χ4v) is 0. The van der Waals surface area contributed by atoms with Gasteiger partial charge >= 0.3 is 91.3 Å². The van der Waals surface area contributed by atoms with Crippen LogP contribution in [-0.2, 0) is 40.5 Å². The van der Waals surface area contributed by atoms with Crippen molar-refractivity contribution in [3.8, 4) is 0 Å². The molecule has 48 valence electrons. The third kappa shape index (κ3) is 68.7. The predicted molar refractivity (Wildman–Crippen MR) is 62.4 cm³/mol. The summed E-state index contributed by atoms with van der Waals surface area (Å²) in [6.45, 7) is 0. The van der Waals surface area contributed by atoms with Crippen molar-refractivity contribution in [2.75, 3.05) is 0 Å². The van der Waals surface area contributed by atoms with Crippen molar-refractivity contribution in [3.05, 3.63) is 0 Å². The summed E-state index contributed by atoms with van der Waals surface area (Å²) in [5.74, 6) is 0. The molecular formula is Ga2In2S3Se3. The van der Waals surface area contributed by atoms with E-state index in [0.717, 1.165) is 0 Å². The molecule has 0 heterocycles. The van der Waals surface area contributed by atoms with E-state index in [1.165, 1.54) is 0 Å². The van der Waals surface area contributed by atoms with Gasteiger partial charge in [0.05, 0.1) is 0 Å². The maximum Gasteiger partial charge on any atom is 3.00 e. The first kappa shape index (κ1) is 106. The molecule has 0 aliphatic carbocycles. The van der Waals surface area contributed by atoms with Gasteiger partial charge in [-0.05, 0) is 0 Å². The van der Waals surface area contributed by atoms with Crippen molar-refractivity contribution >= 4 is 183 Å². The normalized spacial score (nSPS) is 0. The molecule has 0 radical (unpaired) electrons. The zero-order chi connectivity index (χ0) is 0. The largest absolute Gasteiger partial charge is 3.00 e. The van der Waals surface area contributed by atoms with E-state index in [0.29, 0.717) is 0 Å². The maximum atomic E-state index is 0. The first-order valence-corrected chi connectivity index (χ1v) is 0. The van der Waals surface area contributed by atoms with E-state index in [1.54, 1.807) is 0 Å². The average Bonchev–Trinajstić information content (AvgIpc) is 0. The van der Waals surface area contributed by atoms with Gasteiger partial charge in [-0.25, -0.2) is 0 Å². The molecule has 0 aliphatic heterocycles. The monoisotopic (exact) mass is 703 g/mol. The summed E-state index contributed by atoms with van der Waals surface area (Å²) in [6.07, 6.45) is 0. The summed E-state index contributed by atoms with van der Waals surface area (Å²) < 4.78 is 0. The Kier molecular flexibility index (Phi) is 907. The molecule has 0 aromatic rings. The van der Waals surface area contributed by atoms with Gasteiger partial charge < -0.3 is 91.7 Å². The molecule has 0 N–H and O–H groups in total. The van der Waals surface area contributed by atoms with Crippen molar-refractivity contribution < 1.29 is 0 Å². The van der Waals surface area contributed by atoms with Crippen LogP contribution < -0.4 is 0 Å². The Morgan fingerprint density at radius 3 is 0.400 bits per heavy atom. The topological polar surface area (TPSA) is 0 Å². The zero-order valence-electron chi connectivity index (χ0n) is 4.76. The smallest absolute Gasteiger partial charge is 2.00 e. The Morgan fingerprint density at radius 2 is 0.400 bits per heavy atom. The van der Waals surface area contributed by atoms with E-state index < -0.39 is 0 Å². The van der Waals surface area contributed by atoms with Crippen molar-refractivity contribution in [3.63, 3.8) is 0 Å². The summed E-state index contributed by atoms with van der Waals surface area (Å²) in [6, 6.07) is 0. The molecule has 0 aliphatic rings. The standard InChI is InChI=1S/2Ga.2In.3S.3Se/q4*+3;6*-2. The molecule has 0 saturated carbocycles. The SMILES string of the molecule is [Ga+3].[Ga+3].[In+3].[In+3].[S-2].[S-2].[S-2].[Se-2].[Se-2].[Se-2]. The fourth-order valence-electron chi connectivity index (χ4n) is 0. The second-order valence-electron chi connectivity index (χ2n) is 0. The van der Waals surface area contributed by atoms with Crippen LogP contribution in [0.3, 0.4) is 0 Å². The van der Waals surface area contributed by atoms with E-state index in [2.05, 4.69) is 0 Å². The van der Waals surface area contributed by atoms with Crippen molar-refractivity contribution in [1.82, 2.24) is 0 Å². The van der Waals surface area contributed by atoms with Gasteiger partial charge in [-0.15, -0.1) is 0 Å². The zero-order valence-corrected chi connectivity index (χ0v) is 23.8. The summed E-state index contributed by atoms with van der Waals surface area (Å²) in [7, 11) is 0. The van der Waals surface area contributed by atoms with Gasteiger partial charge in [-0.3, -0.25) is 0 Å². The molecule has 0 bridgehead atoms. The third-order valence-electron chi connectivity index (χ3n) is 0. The van der Waals surface area contributed by atoms with Gasteiger partial charge in [-0.2, -0.15) is 0 Å². The third-order valence-corrected chi connectivity index (χ3v) is 0. The van der Waals surface area contributed by atoms with E-state index in [9.17, 15) is 0 Å². The number of hydrogen-bond acceptors (Lipinski definition) is 0. The van der Waals surface area contributed by atoms with Crippen molar-refractivity contribution in [2.24, 2.45) is 0 Å². The van der Waals surface area contributed by atoms with Crippen LogP contribution in [0.4, 0.5) is 0 Å². The van der Waals surface area contributed by atoms with Crippen molar-refractivity contribution in [1.29, 1.82) is 0 Å². The minimum absolute atomic E-state index is 0. The first-order valence-electron chi connectivity index (χ1n) is 0. The molecule has 10 heteroatoms. The average molecular weight is 702 g/mol. The second-order valence-corrected chi connectivity index (χ2v) is 0. The van der Waals surface area contributed by atoms with Gasteiger partial charge in [0.1, 0.15) is 0 Å². The number of rotatable bonds is 0. The van der Waals surface area contributed by atoms with Gasteiger partial charge in [0.15, 0.2) is 0 Å². The molecular weight excluding hydrogens is 702 g/mol. The van der Waals surface area contributed by atoms with Gasteiger partial charge in [0.25, 0.3) is 0 Å². The molecule has 0 fully saturated rings. The Morgan fingerprint density at radius 1 is 0.400 bits per heavy atom. The van der Waals surface area contributed by atoms with Crippen LogP contribution in [0.2, 0.25) is 0 Å².